The predicted molar refractivity (Wildman–Crippen MR) is 112 cm³/mol. The predicted octanol–water partition coefficient (Wildman–Crippen LogP) is 5.57. The van der Waals surface area contributed by atoms with Crippen molar-refractivity contribution in [2.45, 2.75) is 20.0 Å². The van der Waals surface area contributed by atoms with Crippen LogP contribution in [-0.2, 0) is 3.79 Å². The minimum absolute atomic E-state index is 0.0651. The van der Waals surface area contributed by atoms with Crippen LogP contribution in [0.5, 0.6) is 11.5 Å². The van der Waals surface area contributed by atoms with Gasteiger partial charge in [-0.1, -0.05) is 60.7 Å². The van der Waals surface area contributed by atoms with E-state index in [0.717, 1.165) is 22.6 Å². The summed E-state index contributed by atoms with van der Waals surface area (Å²) in [6.45, 7) is 4.03. The van der Waals surface area contributed by atoms with Crippen LogP contribution in [0.4, 0.5) is 0 Å². The zero-order valence-corrected chi connectivity index (χ0v) is 16.9. The van der Waals surface area contributed by atoms with Crippen molar-refractivity contribution in [2.75, 3.05) is 0 Å². The van der Waals surface area contributed by atoms with Crippen LogP contribution in [0, 0.1) is 0 Å². The van der Waals surface area contributed by atoms with E-state index in [1.807, 2.05) is 13.8 Å². The van der Waals surface area contributed by atoms with E-state index in [1.165, 1.54) is 21.5 Å². The van der Waals surface area contributed by atoms with Crippen LogP contribution >= 0.6 is 0 Å². The second-order valence-corrected chi connectivity index (χ2v) is 8.80. The summed E-state index contributed by atoms with van der Waals surface area (Å²) in [5.74, 6) is 1.70. The molecule has 4 heteroatoms. The number of hydrogen-bond acceptors (Lipinski definition) is 3. The zero-order chi connectivity index (χ0) is 18.4. The van der Waals surface area contributed by atoms with Crippen LogP contribution in [-0.4, -0.2) is 21.3 Å². The molecule has 0 atom stereocenters. The maximum Gasteiger partial charge on any atom is 0.808 e. The topological polar surface area (TPSA) is 27.7 Å². The highest BCUT2D eigenvalue weighted by atomic mass is 27.3. The normalized spacial score (nSPS) is 13.7. The molecule has 5 rings (SSSR count). The molecule has 0 fully saturated rings. The Morgan fingerprint density at radius 2 is 1.15 bits per heavy atom. The van der Waals surface area contributed by atoms with E-state index < -0.39 is 15.1 Å². The van der Waals surface area contributed by atoms with Crippen molar-refractivity contribution in [1.29, 1.82) is 0 Å². The van der Waals surface area contributed by atoms with Crippen LogP contribution in [0.3, 0.4) is 0 Å². The Bertz CT molecular complexity index is 1070. The molecule has 3 nitrogen and oxygen atoms in total. The Hall–Kier alpha value is -2.51. The second kappa shape index (κ2) is 6.58. The first-order chi connectivity index (χ1) is 13.2. The Balaban J connectivity index is 1.87. The van der Waals surface area contributed by atoms with Gasteiger partial charge in [-0.3, -0.25) is 0 Å². The molecule has 0 aliphatic carbocycles. The highest BCUT2D eigenvalue weighted by Gasteiger charge is 2.29. The van der Waals surface area contributed by atoms with E-state index >= 15 is 0 Å². The Morgan fingerprint density at radius 3 is 1.63 bits per heavy atom. The van der Waals surface area contributed by atoms with Gasteiger partial charge >= 0.3 is 15.1 Å². The lowest BCUT2D eigenvalue weighted by Crippen LogP contribution is -2.35. The SMILES string of the molecule is CC(C)[O][AlH-]1[O]c2ccc3ccccc3c2-c2c(ccc3ccccc23)[O]1. The van der Waals surface area contributed by atoms with Gasteiger partial charge in [0.05, 0.1) is 11.5 Å². The third kappa shape index (κ3) is 2.87. The third-order valence-corrected chi connectivity index (χ3v) is 7.08. The first kappa shape index (κ1) is 16.7. The summed E-state index contributed by atoms with van der Waals surface area (Å²) < 4.78 is 18.7. The lowest BCUT2D eigenvalue weighted by Gasteiger charge is -2.29. The molecule has 0 N–H and O–H groups in total. The van der Waals surface area contributed by atoms with Crippen LogP contribution in [0.1, 0.15) is 13.8 Å². The summed E-state index contributed by atoms with van der Waals surface area (Å²) in [5, 5.41) is 4.71. The third-order valence-electron chi connectivity index (χ3n) is 5.05. The Kier molecular flexibility index (Phi) is 4.06. The smallest absolute Gasteiger partial charge is 0.747 e. The van der Waals surface area contributed by atoms with Crippen LogP contribution in [0.25, 0.3) is 32.7 Å². The molecule has 27 heavy (non-hydrogen) atoms. The molecule has 0 radical (unpaired) electrons. The molecule has 1 aliphatic rings. The molecule has 4 aromatic rings. The van der Waals surface area contributed by atoms with Gasteiger partial charge < -0.3 is 11.4 Å². The van der Waals surface area contributed by atoms with Crippen LogP contribution < -0.4 is 7.58 Å². The molecule has 1 aliphatic heterocycles. The summed E-state index contributed by atoms with van der Waals surface area (Å²) in [5.41, 5.74) is 2.19. The Morgan fingerprint density at radius 1 is 0.667 bits per heavy atom. The van der Waals surface area contributed by atoms with E-state index in [2.05, 4.69) is 72.8 Å². The quantitative estimate of drug-likeness (QED) is 0.431. The summed E-state index contributed by atoms with van der Waals surface area (Å²) in [6, 6.07) is 25.2. The van der Waals surface area contributed by atoms with Gasteiger partial charge in [-0.15, -0.1) is 0 Å². The first-order valence-corrected chi connectivity index (χ1v) is 11.1. The van der Waals surface area contributed by atoms with E-state index in [9.17, 15) is 0 Å². The van der Waals surface area contributed by atoms with Gasteiger partial charge in [0.25, 0.3) is 0 Å². The maximum atomic E-state index is 6.34. The lowest BCUT2D eigenvalue weighted by molar-refractivity contribution is 0.156. The molecule has 4 aromatic carbocycles. The standard InChI is InChI=1S/C20H14O2.C3H7O.Al.H/c21-17-11-9-13-5-1-3-7-15(13)19(17)20-16-8-4-2-6-14(16)10-12-18(20)22;1-3(2)4;;/h1-12,21-22H;3H,1-2H3;;/q;-1;+2;/p-2. The van der Waals surface area contributed by atoms with Gasteiger partial charge in [0.2, 0.25) is 0 Å². The molecular weight excluding hydrogens is 351 g/mol. The van der Waals surface area contributed by atoms with Crippen molar-refractivity contribution in [3.63, 3.8) is 0 Å². The fraction of sp³-hybridized carbons (Fsp3) is 0.130. The van der Waals surface area contributed by atoms with Gasteiger partial charge in [0.15, 0.2) is 0 Å². The fourth-order valence-electron chi connectivity index (χ4n) is 3.88. The van der Waals surface area contributed by atoms with Crippen LogP contribution in [0.15, 0.2) is 72.8 Å². The molecule has 0 spiro atoms. The van der Waals surface area contributed by atoms with Crippen molar-refractivity contribution in [3.8, 4) is 22.6 Å². The molecule has 0 unspecified atom stereocenters. The highest BCUT2D eigenvalue weighted by Crippen LogP contribution is 2.47. The molecule has 0 aromatic heterocycles. The average molecular weight is 371 g/mol. The number of hydrogen-bond donors (Lipinski definition) is 0. The molecule has 0 saturated carbocycles. The van der Waals surface area contributed by atoms with Crippen molar-refractivity contribution >= 4 is 36.7 Å². The average Bonchev–Trinajstić information content (AvgIpc) is 2.83. The first-order valence-electron chi connectivity index (χ1n) is 9.39. The fourth-order valence-corrected chi connectivity index (χ4v) is 5.61. The number of rotatable bonds is 2. The summed E-state index contributed by atoms with van der Waals surface area (Å²) >= 11 is -2.79. The van der Waals surface area contributed by atoms with E-state index in [1.54, 1.807) is 0 Å². The molecular formula is C23H20AlO3-. The van der Waals surface area contributed by atoms with E-state index in [4.69, 9.17) is 11.4 Å². The van der Waals surface area contributed by atoms with Gasteiger partial charge in [0, 0.05) is 11.1 Å². The van der Waals surface area contributed by atoms with Crippen molar-refractivity contribution < 1.29 is 11.4 Å². The van der Waals surface area contributed by atoms with Crippen molar-refractivity contribution in [2.24, 2.45) is 0 Å². The van der Waals surface area contributed by atoms with Gasteiger partial charge in [-0.05, 0) is 53.6 Å². The molecule has 0 saturated heterocycles. The van der Waals surface area contributed by atoms with Crippen molar-refractivity contribution in [3.05, 3.63) is 72.8 Å². The largest absolute Gasteiger partial charge is 0.808 e. The zero-order valence-electron chi connectivity index (χ0n) is 15.4. The van der Waals surface area contributed by atoms with Crippen LogP contribution in [0.2, 0.25) is 0 Å². The van der Waals surface area contributed by atoms with Gasteiger partial charge in [-0.25, -0.2) is 0 Å². The second-order valence-electron chi connectivity index (χ2n) is 7.18. The maximum absolute atomic E-state index is 6.34. The lowest BCUT2D eigenvalue weighted by atomic mass is 9.92. The number of benzene rings is 4. The van der Waals surface area contributed by atoms with E-state index in [-0.39, 0.29) is 6.10 Å². The van der Waals surface area contributed by atoms with Gasteiger partial charge in [-0.2, -0.15) is 0 Å². The molecule has 0 amide bonds. The summed E-state index contributed by atoms with van der Waals surface area (Å²) in [7, 11) is 0. The minimum Gasteiger partial charge on any atom is -0.747 e. The minimum atomic E-state index is -2.79. The molecule has 0 bridgehead atoms. The summed E-state index contributed by atoms with van der Waals surface area (Å²) in [4.78, 5) is 0. The Labute approximate surface area is 163 Å². The number of fused-ring (bicyclic) bond motifs is 7. The molecule has 1 heterocycles. The molecule has 134 valence electrons. The van der Waals surface area contributed by atoms with Gasteiger partial charge in [0.1, 0.15) is 0 Å². The highest BCUT2D eigenvalue weighted by molar-refractivity contribution is 6.39. The monoisotopic (exact) mass is 371 g/mol. The summed E-state index contributed by atoms with van der Waals surface area (Å²) in [6.07, 6.45) is 0.0651. The van der Waals surface area contributed by atoms with Crippen molar-refractivity contribution in [1.82, 2.24) is 0 Å². The van der Waals surface area contributed by atoms with E-state index in [0.29, 0.717) is 0 Å².